The van der Waals surface area contributed by atoms with Gasteiger partial charge in [0.2, 0.25) is 5.91 Å². The second-order valence-electron chi connectivity index (χ2n) is 5.48. The van der Waals surface area contributed by atoms with Gasteiger partial charge in [0.1, 0.15) is 17.0 Å². The highest BCUT2D eigenvalue weighted by molar-refractivity contribution is 6.30. The van der Waals surface area contributed by atoms with Crippen molar-refractivity contribution in [2.24, 2.45) is 0 Å². The van der Waals surface area contributed by atoms with E-state index in [9.17, 15) is 13.6 Å². The van der Waals surface area contributed by atoms with E-state index in [2.05, 4.69) is 12.2 Å². The van der Waals surface area contributed by atoms with Gasteiger partial charge in [-0.3, -0.25) is 4.79 Å². The fourth-order valence-corrected chi connectivity index (χ4v) is 2.42. The summed E-state index contributed by atoms with van der Waals surface area (Å²) in [6.07, 6.45) is 7.44. The van der Waals surface area contributed by atoms with E-state index >= 15 is 0 Å². The molecule has 0 heterocycles. The Bertz CT molecular complexity index is 468. The average Bonchev–Trinajstić information content (AvgIpc) is 2.49. The molecule has 0 aromatic heterocycles. The van der Waals surface area contributed by atoms with Crippen LogP contribution in [-0.2, 0) is 11.3 Å². The first-order chi connectivity index (χ1) is 10.5. The van der Waals surface area contributed by atoms with Crippen LogP contribution in [0.1, 0.15) is 57.4 Å². The lowest BCUT2D eigenvalue weighted by molar-refractivity contribution is -0.121. The van der Waals surface area contributed by atoms with E-state index in [-0.39, 0.29) is 18.0 Å². The molecule has 0 saturated carbocycles. The van der Waals surface area contributed by atoms with Crippen molar-refractivity contribution in [3.63, 3.8) is 0 Å². The first-order valence-corrected chi connectivity index (χ1v) is 8.34. The summed E-state index contributed by atoms with van der Waals surface area (Å²) in [6.45, 7) is 2.19. The molecule has 1 N–H and O–H groups in total. The number of carbonyl (C=O) groups is 1. The first kappa shape index (κ1) is 18.9. The number of hydrogen-bond donors (Lipinski definition) is 1. The van der Waals surface area contributed by atoms with Crippen LogP contribution >= 0.6 is 11.6 Å². The van der Waals surface area contributed by atoms with Crippen molar-refractivity contribution in [2.75, 3.05) is 0 Å². The molecule has 0 aliphatic carbocycles. The molecule has 0 fully saturated rings. The molecule has 1 aromatic rings. The largest absolute Gasteiger partial charge is 0.351 e. The van der Waals surface area contributed by atoms with Crippen molar-refractivity contribution in [3.8, 4) is 0 Å². The van der Waals surface area contributed by atoms with E-state index in [1.165, 1.54) is 37.8 Å². The lowest BCUT2D eigenvalue weighted by Gasteiger charge is -2.11. The Morgan fingerprint density at radius 3 is 2.55 bits per heavy atom. The van der Waals surface area contributed by atoms with Crippen molar-refractivity contribution < 1.29 is 13.6 Å². The minimum Gasteiger partial charge on any atom is -0.351 e. The normalized spacial score (nSPS) is 12.2. The molecule has 22 heavy (non-hydrogen) atoms. The highest BCUT2D eigenvalue weighted by atomic mass is 35.5. The van der Waals surface area contributed by atoms with Crippen molar-refractivity contribution in [1.82, 2.24) is 5.32 Å². The second-order valence-corrected chi connectivity index (χ2v) is 6.00. The monoisotopic (exact) mass is 331 g/mol. The van der Waals surface area contributed by atoms with Gasteiger partial charge in [0, 0.05) is 18.2 Å². The minimum absolute atomic E-state index is 0.0185. The minimum atomic E-state index is -0.664. The molecule has 1 unspecified atom stereocenters. The highest BCUT2D eigenvalue weighted by Gasteiger charge is 2.15. The quantitative estimate of drug-likeness (QED) is 0.477. The van der Waals surface area contributed by atoms with Gasteiger partial charge in [0.05, 0.1) is 0 Å². The molecule has 0 aliphatic heterocycles. The van der Waals surface area contributed by atoms with Crippen LogP contribution in [0, 0.1) is 11.6 Å². The molecule has 2 nitrogen and oxygen atoms in total. The van der Waals surface area contributed by atoms with Gasteiger partial charge in [-0.2, -0.15) is 0 Å². The Kier molecular flexibility index (Phi) is 9.05. The number of rotatable bonds is 10. The first-order valence-electron chi connectivity index (χ1n) is 7.90. The third-order valence-electron chi connectivity index (χ3n) is 3.56. The molecular weight excluding hydrogens is 308 g/mol. The van der Waals surface area contributed by atoms with Crippen LogP contribution in [0.15, 0.2) is 18.2 Å². The average molecular weight is 332 g/mol. The predicted molar refractivity (Wildman–Crippen MR) is 85.8 cm³/mol. The summed E-state index contributed by atoms with van der Waals surface area (Å²) in [5.74, 6) is -1.60. The zero-order valence-corrected chi connectivity index (χ0v) is 13.8. The predicted octanol–water partition coefficient (Wildman–Crippen LogP) is 4.94. The Morgan fingerprint density at radius 1 is 1.18 bits per heavy atom. The SMILES string of the molecule is CCCCCCCCC(Cl)C(=O)NCc1ccc(F)cc1F. The van der Waals surface area contributed by atoms with Crippen LogP contribution in [-0.4, -0.2) is 11.3 Å². The molecule has 0 radical (unpaired) electrons. The topological polar surface area (TPSA) is 29.1 Å². The van der Waals surface area contributed by atoms with Gasteiger partial charge in [0.15, 0.2) is 0 Å². The summed E-state index contributed by atoms with van der Waals surface area (Å²) in [7, 11) is 0. The standard InChI is InChI=1S/C17H24ClF2NO/c1-2-3-4-5-6-7-8-15(18)17(22)21-12-13-9-10-14(19)11-16(13)20/h9-11,15H,2-8,12H2,1H3,(H,21,22). The van der Waals surface area contributed by atoms with E-state index in [0.717, 1.165) is 18.9 Å². The lowest BCUT2D eigenvalue weighted by Crippen LogP contribution is -2.31. The van der Waals surface area contributed by atoms with Crippen LogP contribution in [0.25, 0.3) is 0 Å². The number of hydrogen-bond acceptors (Lipinski definition) is 1. The fourth-order valence-electron chi connectivity index (χ4n) is 2.19. The summed E-state index contributed by atoms with van der Waals surface area (Å²) in [5.41, 5.74) is 0.248. The van der Waals surface area contributed by atoms with Gasteiger partial charge < -0.3 is 5.32 Å². The summed E-state index contributed by atoms with van der Waals surface area (Å²) >= 11 is 6.04. The molecule has 0 saturated heterocycles. The molecule has 124 valence electrons. The lowest BCUT2D eigenvalue weighted by atomic mass is 10.1. The summed E-state index contributed by atoms with van der Waals surface area (Å²) in [6, 6.07) is 3.29. The Morgan fingerprint density at radius 2 is 1.86 bits per heavy atom. The van der Waals surface area contributed by atoms with Crippen molar-refractivity contribution in [3.05, 3.63) is 35.4 Å². The van der Waals surface area contributed by atoms with Crippen LogP contribution in [0.3, 0.4) is 0 Å². The van der Waals surface area contributed by atoms with Gasteiger partial charge in [-0.15, -0.1) is 11.6 Å². The summed E-state index contributed by atoms with van der Waals surface area (Å²) < 4.78 is 26.2. The zero-order chi connectivity index (χ0) is 16.4. The number of unbranched alkanes of at least 4 members (excludes halogenated alkanes) is 5. The summed E-state index contributed by atoms with van der Waals surface area (Å²) in [4.78, 5) is 11.8. The number of alkyl halides is 1. The Balaban J connectivity index is 2.23. The Labute approximate surface area is 136 Å². The molecular formula is C17H24ClF2NO. The fraction of sp³-hybridized carbons (Fsp3) is 0.588. The van der Waals surface area contributed by atoms with E-state index in [4.69, 9.17) is 11.6 Å². The van der Waals surface area contributed by atoms with Crippen molar-refractivity contribution in [2.45, 2.75) is 63.8 Å². The van der Waals surface area contributed by atoms with Gasteiger partial charge >= 0.3 is 0 Å². The molecule has 1 amide bonds. The second kappa shape index (κ2) is 10.5. The molecule has 1 rings (SSSR count). The summed E-state index contributed by atoms with van der Waals surface area (Å²) in [5, 5.41) is 1.98. The van der Waals surface area contributed by atoms with E-state index < -0.39 is 17.0 Å². The zero-order valence-electron chi connectivity index (χ0n) is 13.0. The number of benzene rings is 1. The van der Waals surface area contributed by atoms with Gasteiger partial charge in [0.25, 0.3) is 0 Å². The Hall–Kier alpha value is -1.16. The van der Waals surface area contributed by atoms with Crippen molar-refractivity contribution in [1.29, 1.82) is 0 Å². The van der Waals surface area contributed by atoms with E-state index in [1.807, 2.05) is 0 Å². The molecule has 0 bridgehead atoms. The van der Waals surface area contributed by atoms with E-state index in [1.54, 1.807) is 0 Å². The maximum atomic E-state index is 13.4. The highest BCUT2D eigenvalue weighted by Crippen LogP contribution is 2.13. The smallest absolute Gasteiger partial charge is 0.238 e. The van der Waals surface area contributed by atoms with Gasteiger partial charge in [-0.05, 0) is 12.5 Å². The molecule has 0 aliphatic rings. The number of nitrogens with one attached hydrogen (secondary N) is 1. The van der Waals surface area contributed by atoms with Gasteiger partial charge in [-0.1, -0.05) is 51.5 Å². The van der Waals surface area contributed by atoms with Crippen molar-refractivity contribution >= 4 is 17.5 Å². The maximum Gasteiger partial charge on any atom is 0.238 e. The van der Waals surface area contributed by atoms with Crippen LogP contribution < -0.4 is 5.32 Å². The number of amides is 1. The van der Waals surface area contributed by atoms with Gasteiger partial charge in [-0.25, -0.2) is 8.78 Å². The van der Waals surface area contributed by atoms with E-state index in [0.29, 0.717) is 6.42 Å². The third kappa shape index (κ3) is 7.21. The number of carbonyl (C=O) groups excluding carboxylic acids is 1. The van der Waals surface area contributed by atoms with Crippen LogP contribution in [0.2, 0.25) is 0 Å². The molecule has 1 aromatic carbocycles. The number of halogens is 3. The van der Waals surface area contributed by atoms with Crippen LogP contribution in [0.4, 0.5) is 8.78 Å². The molecule has 5 heteroatoms. The third-order valence-corrected chi connectivity index (χ3v) is 3.98. The maximum absolute atomic E-state index is 13.4. The molecule has 0 spiro atoms. The molecule has 1 atom stereocenters. The van der Waals surface area contributed by atoms with Crippen LogP contribution in [0.5, 0.6) is 0 Å².